The number of halogens is 1. The predicted molar refractivity (Wildman–Crippen MR) is 112 cm³/mol. The molecule has 0 radical (unpaired) electrons. The number of carbonyl (C=O) groups excluding carboxylic acids is 1. The van der Waals surface area contributed by atoms with Gasteiger partial charge in [0.25, 0.3) is 0 Å². The molecule has 3 rings (SSSR count). The average Bonchev–Trinajstić information content (AvgIpc) is 2.98. The van der Waals surface area contributed by atoms with Crippen LogP contribution in [-0.4, -0.2) is 63.9 Å². The highest BCUT2D eigenvalue weighted by molar-refractivity contribution is 7.48. The molecule has 0 saturated carbocycles. The molecule has 32 heavy (non-hydrogen) atoms. The molecule has 0 aromatic rings. The molecule has 3 atom stereocenters. The number of phosphoric ester groups is 1. The summed E-state index contributed by atoms with van der Waals surface area (Å²) in [6.45, 7) is 4.52. The number of rotatable bonds is 11. The topological polar surface area (TPSA) is 98.8 Å². The largest absolute Gasteiger partial charge is 0.510 e. The number of hydrogen-bond donors (Lipinski definition) is 0. The van der Waals surface area contributed by atoms with E-state index in [0.29, 0.717) is 19.6 Å². The first kappa shape index (κ1) is 25.3. The summed E-state index contributed by atoms with van der Waals surface area (Å²) < 4.78 is 63.8. The molecule has 0 aromatic heterocycles. The minimum Gasteiger partial charge on any atom is -0.426 e. The first-order chi connectivity index (χ1) is 15.2. The second-order valence-corrected chi connectivity index (χ2v) is 10.6. The quantitative estimate of drug-likeness (QED) is 0.242. The number of alkyl halides is 1. The molecular weight excluding hydrogens is 446 g/mol. The second-order valence-electron chi connectivity index (χ2n) is 8.95. The molecule has 9 nitrogen and oxygen atoms in total. The molecule has 2 fully saturated rings. The third-order valence-electron chi connectivity index (χ3n) is 5.80. The van der Waals surface area contributed by atoms with Crippen LogP contribution in [0.4, 0.5) is 9.18 Å². The van der Waals surface area contributed by atoms with Crippen molar-refractivity contribution in [3.63, 3.8) is 0 Å². The van der Waals surface area contributed by atoms with Gasteiger partial charge in [0, 0.05) is 0 Å². The van der Waals surface area contributed by atoms with E-state index in [4.69, 9.17) is 32.5 Å². The third-order valence-corrected chi connectivity index (χ3v) is 7.11. The van der Waals surface area contributed by atoms with Gasteiger partial charge in [0.05, 0.1) is 32.5 Å². The summed E-state index contributed by atoms with van der Waals surface area (Å²) in [4.78, 5) is 11.7. The first-order valence-electron chi connectivity index (χ1n) is 10.7. The number of carbonyl (C=O) groups is 1. The Balaban J connectivity index is 1.58. The average molecular weight is 478 g/mol. The van der Waals surface area contributed by atoms with Gasteiger partial charge in [-0.05, 0) is 37.2 Å². The van der Waals surface area contributed by atoms with Gasteiger partial charge in [0.15, 0.2) is 6.10 Å². The zero-order valence-electron chi connectivity index (χ0n) is 18.8. The van der Waals surface area contributed by atoms with Gasteiger partial charge < -0.3 is 18.9 Å². The molecule has 2 heterocycles. The van der Waals surface area contributed by atoms with Crippen LogP contribution >= 0.6 is 7.82 Å². The lowest BCUT2D eigenvalue weighted by Crippen LogP contribution is -2.38. The molecular formula is C21H32FO9P. The van der Waals surface area contributed by atoms with Crippen molar-refractivity contribution in [1.29, 1.82) is 0 Å². The van der Waals surface area contributed by atoms with E-state index in [-0.39, 0.29) is 30.8 Å². The van der Waals surface area contributed by atoms with E-state index in [9.17, 15) is 13.8 Å². The Morgan fingerprint density at radius 1 is 1.28 bits per heavy atom. The van der Waals surface area contributed by atoms with Crippen LogP contribution in [0.1, 0.15) is 40.0 Å². The summed E-state index contributed by atoms with van der Waals surface area (Å²) in [6, 6.07) is 0. The Kier molecular flexibility index (Phi) is 8.52. The van der Waals surface area contributed by atoms with Crippen molar-refractivity contribution in [3.8, 4) is 0 Å². The fourth-order valence-electron chi connectivity index (χ4n) is 3.59. The van der Waals surface area contributed by atoms with E-state index >= 15 is 0 Å². The Labute approximate surface area is 187 Å². The highest BCUT2D eigenvalue weighted by Crippen LogP contribution is 2.53. The van der Waals surface area contributed by atoms with E-state index in [1.54, 1.807) is 0 Å². The molecule has 182 valence electrons. The number of phosphoric acid groups is 1. The van der Waals surface area contributed by atoms with Gasteiger partial charge in [0.2, 0.25) is 6.79 Å². The lowest BCUT2D eigenvalue weighted by Gasteiger charge is -2.28. The summed E-state index contributed by atoms with van der Waals surface area (Å²) in [5.41, 5.74) is -0.641. The van der Waals surface area contributed by atoms with Crippen LogP contribution in [0.3, 0.4) is 0 Å². The van der Waals surface area contributed by atoms with Crippen molar-refractivity contribution in [1.82, 2.24) is 0 Å². The molecule has 1 unspecified atom stereocenters. The van der Waals surface area contributed by atoms with E-state index in [1.165, 1.54) is 0 Å². The Hall–Kier alpha value is -1.29. The van der Waals surface area contributed by atoms with Gasteiger partial charge in [-0.25, -0.2) is 18.3 Å². The molecule has 0 N–H and O–H groups in total. The van der Waals surface area contributed by atoms with Crippen LogP contribution in [0.2, 0.25) is 0 Å². The monoisotopic (exact) mass is 478 g/mol. The van der Waals surface area contributed by atoms with Crippen molar-refractivity contribution >= 4 is 14.0 Å². The van der Waals surface area contributed by atoms with Crippen LogP contribution in [0.5, 0.6) is 0 Å². The van der Waals surface area contributed by atoms with E-state index < -0.39 is 33.0 Å². The van der Waals surface area contributed by atoms with E-state index in [1.807, 2.05) is 39.0 Å². The summed E-state index contributed by atoms with van der Waals surface area (Å²) in [7, 11) is -4.21. The highest BCUT2D eigenvalue weighted by atomic mass is 31.2. The molecule has 2 aliphatic heterocycles. The van der Waals surface area contributed by atoms with Crippen LogP contribution in [0, 0.1) is 5.41 Å². The zero-order chi connectivity index (χ0) is 23.2. The highest BCUT2D eigenvalue weighted by Gasteiger charge is 2.51. The molecule has 0 aromatic carbocycles. The Morgan fingerprint density at radius 3 is 2.62 bits per heavy atom. The van der Waals surface area contributed by atoms with Gasteiger partial charge in [-0.3, -0.25) is 9.05 Å². The van der Waals surface area contributed by atoms with Gasteiger partial charge in [-0.1, -0.05) is 32.1 Å². The van der Waals surface area contributed by atoms with E-state index in [2.05, 4.69) is 0 Å². The van der Waals surface area contributed by atoms with Gasteiger partial charge in [0.1, 0.15) is 12.3 Å². The standard InChI is InChI=1S/C21H32FO9P/c1-16-20(2,3)12-21(13-22,31-16)14-28-32(24,27-9-17-7-5-4-6-8-17)29-15-26-19(23)30-18-10-25-11-18/h4-5,7,16,18H,6,8-15H2,1-3H3/t16-,21+,32?/m0/s1. The fraction of sp³-hybridized carbons (Fsp3) is 0.762. The van der Waals surface area contributed by atoms with Crippen LogP contribution in [-0.2, 0) is 37.1 Å². The van der Waals surface area contributed by atoms with Crippen LogP contribution in [0.15, 0.2) is 23.8 Å². The van der Waals surface area contributed by atoms with Gasteiger partial charge >= 0.3 is 14.0 Å². The molecule has 3 aliphatic rings. The maximum absolute atomic E-state index is 14.0. The molecule has 2 saturated heterocycles. The summed E-state index contributed by atoms with van der Waals surface area (Å²) >= 11 is 0. The van der Waals surface area contributed by atoms with Crippen molar-refractivity contribution in [2.45, 2.75) is 57.8 Å². The molecule has 11 heteroatoms. The minimum absolute atomic E-state index is 0.00312. The molecule has 0 spiro atoms. The second kappa shape index (κ2) is 10.8. The number of ether oxygens (including phenoxy) is 4. The lowest BCUT2D eigenvalue weighted by molar-refractivity contribution is -0.122. The SMILES string of the molecule is C[C@@H]1O[C@](CF)(COP(=O)(OCOC(=O)OC2COC2)OCC2=CC=CCC2)CC1(C)C. The fourth-order valence-corrected chi connectivity index (χ4v) is 4.71. The summed E-state index contributed by atoms with van der Waals surface area (Å²) in [6.07, 6.45) is 6.13. The summed E-state index contributed by atoms with van der Waals surface area (Å²) in [5.74, 6) is 0. The number of hydrogen-bond acceptors (Lipinski definition) is 9. The molecule has 1 aliphatic carbocycles. The van der Waals surface area contributed by atoms with Crippen molar-refractivity contribution in [2.75, 3.05) is 39.9 Å². The first-order valence-corrected chi connectivity index (χ1v) is 12.1. The zero-order valence-corrected chi connectivity index (χ0v) is 19.6. The van der Waals surface area contributed by atoms with Gasteiger partial charge in [-0.15, -0.1) is 0 Å². The van der Waals surface area contributed by atoms with Crippen molar-refractivity contribution in [2.24, 2.45) is 5.41 Å². The lowest BCUT2D eigenvalue weighted by atomic mass is 9.81. The van der Waals surface area contributed by atoms with E-state index in [0.717, 1.165) is 18.4 Å². The third kappa shape index (κ3) is 6.85. The Morgan fingerprint density at radius 2 is 2.06 bits per heavy atom. The van der Waals surface area contributed by atoms with Crippen LogP contribution < -0.4 is 0 Å². The summed E-state index contributed by atoms with van der Waals surface area (Å²) in [5, 5.41) is 0. The number of allylic oxidation sites excluding steroid dienone is 3. The van der Waals surface area contributed by atoms with Crippen molar-refractivity contribution in [3.05, 3.63) is 23.8 Å². The maximum atomic E-state index is 14.0. The van der Waals surface area contributed by atoms with Gasteiger partial charge in [-0.2, -0.15) is 0 Å². The minimum atomic E-state index is -4.21. The molecule has 0 amide bonds. The Bertz CT molecular complexity index is 764. The molecule has 0 bridgehead atoms. The van der Waals surface area contributed by atoms with Crippen molar-refractivity contribution < 1.29 is 46.3 Å². The normalized spacial score (nSPS) is 29.1. The predicted octanol–water partition coefficient (Wildman–Crippen LogP) is 4.47. The van der Waals surface area contributed by atoms with Crippen LogP contribution in [0.25, 0.3) is 0 Å². The maximum Gasteiger partial charge on any atom is 0.510 e. The smallest absolute Gasteiger partial charge is 0.426 e.